The van der Waals surface area contributed by atoms with Crippen molar-refractivity contribution >= 4 is 28.0 Å². The minimum atomic E-state index is -1.43. The monoisotopic (exact) mass is 920 g/mol. The van der Waals surface area contributed by atoms with Crippen LogP contribution in [0.5, 0.6) is 0 Å². The van der Waals surface area contributed by atoms with Crippen molar-refractivity contribution in [2.24, 2.45) is 0 Å². The van der Waals surface area contributed by atoms with E-state index in [4.69, 9.17) is 0 Å². The second kappa shape index (κ2) is 19.3. The molecule has 4 aromatic carbocycles. The van der Waals surface area contributed by atoms with Crippen molar-refractivity contribution in [3.63, 3.8) is 0 Å². The van der Waals surface area contributed by atoms with E-state index in [1.54, 1.807) is 11.1 Å². The smallest absolute Gasteiger partial charge is 1.00 e. The third kappa shape index (κ3) is 8.66. The summed E-state index contributed by atoms with van der Waals surface area (Å²) in [7, 11) is -0.493. The molecule has 0 saturated heterocycles. The summed E-state index contributed by atoms with van der Waals surface area (Å²) in [6.07, 6.45) is 10.6. The maximum Gasteiger partial charge on any atom is -1.00 e. The summed E-state index contributed by atoms with van der Waals surface area (Å²) in [5.41, 5.74) is 14.9. The van der Waals surface area contributed by atoms with Gasteiger partial charge in [-0.2, -0.15) is 0 Å². The van der Waals surface area contributed by atoms with Crippen molar-refractivity contribution in [1.29, 1.82) is 0 Å². The average molecular weight is 920 g/mol. The summed E-state index contributed by atoms with van der Waals surface area (Å²) in [6.45, 7) is 20.0. The van der Waals surface area contributed by atoms with E-state index in [1.165, 1.54) is 59.1 Å². The topological polar surface area (TPSA) is 0 Å². The molecule has 0 bridgehead atoms. The van der Waals surface area contributed by atoms with E-state index in [-0.39, 0.29) is 40.7 Å². The van der Waals surface area contributed by atoms with E-state index in [0.717, 1.165) is 22.6 Å². The van der Waals surface area contributed by atoms with Crippen LogP contribution < -0.4 is 24.8 Å². The maximum absolute atomic E-state index is 2.76. The molecule has 0 amide bonds. The molecule has 0 radical (unpaired) electrons. The SMILES string of the molecule is CCC(C)P(C1=Cc2c(-c3ccccc3)cccc2[CH]1[Hf+2][CH]1C(P(C(C)CC)C(C)CC)=Cc2c(-c3ccccc3)cccc21)C(C)CC.[Cl-].[Cl-]. The van der Waals surface area contributed by atoms with Crippen LogP contribution in [-0.2, 0) is 22.9 Å². The first-order valence-corrected chi connectivity index (χ1v) is 26.1. The summed E-state index contributed by atoms with van der Waals surface area (Å²) >= 11 is -1.43. The number of allylic oxidation sites excluding steroid dienone is 2. The van der Waals surface area contributed by atoms with Gasteiger partial charge < -0.3 is 24.8 Å². The van der Waals surface area contributed by atoms with Gasteiger partial charge in [-0.3, -0.25) is 0 Å². The first-order valence-electron chi connectivity index (χ1n) is 18.9. The molecule has 0 nitrogen and oxygen atoms in total. The fraction of sp³-hybridized carbons (Fsp3) is 0.391. The zero-order valence-electron chi connectivity index (χ0n) is 31.8. The van der Waals surface area contributed by atoms with Gasteiger partial charge in [0, 0.05) is 0 Å². The van der Waals surface area contributed by atoms with Gasteiger partial charge in [0.25, 0.3) is 0 Å². The molecule has 6 atom stereocenters. The number of halogens is 2. The van der Waals surface area contributed by atoms with Gasteiger partial charge in [0.2, 0.25) is 0 Å². The third-order valence-electron chi connectivity index (χ3n) is 11.4. The van der Waals surface area contributed by atoms with Crippen LogP contribution in [0.2, 0.25) is 0 Å². The molecule has 5 heteroatoms. The molecule has 6 unspecified atom stereocenters. The number of fused-ring (bicyclic) bond motifs is 2. The number of rotatable bonds is 14. The summed E-state index contributed by atoms with van der Waals surface area (Å²) in [4.78, 5) is 0. The zero-order chi connectivity index (χ0) is 34.7. The molecule has 0 fully saturated rings. The Kier molecular flexibility index (Phi) is 16.1. The van der Waals surface area contributed by atoms with Crippen LogP contribution in [0.25, 0.3) is 34.4 Å². The third-order valence-corrected chi connectivity index (χ3v) is 27.3. The van der Waals surface area contributed by atoms with Gasteiger partial charge in [0.15, 0.2) is 0 Å². The zero-order valence-corrected chi connectivity index (χ0v) is 38.7. The largest absolute Gasteiger partial charge is 1.00 e. The minimum absolute atomic E-state index is 0. The summed E-state index contributed by atoms with van der Waals surface area (Å²) < 4.78 is 1.27. The molecule has 0 aromatic heterocycles. The van der Waals surface area contributed by atoms with E-state index >= 15 is 0 Å². The van der Waals surface area contributed by atoms with E-state index in [9.17, 15) is 0 Å². The van der Waals surface area contributed by atoms with Crippen molar-refractivity contribution in [3.8, 4) is 22.3 Å². The molecule has 6 rings (SSSR count). The van der Waals surface area contributed by atoms with Crippen molar-refractivity contribution in [2.75, 3.05) is 0 Å². The van der Waals surface area contributed by atoms with Crippen LogP contribution in [0.15, 0.2) is 108 Å². The first kappa shape index (κ1) is 42.4. The Bertz CT molecular complexity index is 1630. The van der Waals surface area contributed by atoms with Crippen LogP contribution in [0.3, 0.4) is 0 Å². The normalized spacial score (nSPS) is 19.5. The molecule has 0 aliphatic heterocycles. The van der Waals surface area contributed by atoms with Gasteiger partial charge in [-0.05, 0) is 0 Å². The molecule has 0 spiro atoms. The summed E-state index contributed by atoms with van der Waals surface area (Å²) in [5, 5.41) is 3.70. The number of hydrogen-bond donors (Lipinski definition) is 0. The van der Waals surface area contributed by atoms with Crippen LogP contribution in [0.4, 0.5) is 0 Å². The van der Waals surface area contributed by atoms with Crippen molar-refractivity contribution in [2.45, 2.75) is 111 Å². The molecular weight excluding hydrogens is 864 g/mol. The van der Waals surface area contributed by atoms with E-state index < -0.39 is 22.9 Å². The first-order chi connectivity index (χ1) is 23.8. The number of hydrogen-bond acceptors (Lipinski definition) is 0. The summed E-state index contributed by atoms with van der Waals surface area (Å²) in [5.74, 6) is 0. The number of benzene rings is 4. The predicted octanol–water partition coefficient (Wildman–Crippen LogP) is 8.76. The Morgan fingerprint density at radius 3 is 1.12 bits per heavy atom. The molecule has 4 aromatic rings. The molecule has 0 N–H and O–H groups in total. The van der Waals surface area contributed by atoms with Crippen LogP contribution in [0.1, 0.15) is 111 Å². The average Bonchev–Trinajstić information content (AvgIpc) is 3.70. The van der Waals surface area contributed by atoms with E-state index in [0.29, 0.717) is 7.35 Å². The molecule has 268 valence electrons. The maximum atomic E-state index is 2.76. The minimum Gasteiger partial charge on any atom is -1.00 e. The van der Waals surface area contributed by atoms with Crippen LogP contribution in [0, 0.1) is 0 Å². The molecule has 2 aliphatic carbocycles. The van der Waals surface area contributed by atoms with Crippen LogP contribution >= 0.6 is 15.8 Å². The van der Waals surface area contributed by atoms with Crippen molar-refractivity contribution < 1.29 is 47.7 Å². The van der Waals surface area contributed by atoms with Gasteiger partial charge >= 0.3 is 314 Å². The van der Waals surface area contributed by atoms with Gasteiger partial charge in [-0.1, -0.05) is 0 Å². The fourth-order valence-corrected chi connectivity index (χ4v) is 25.5. The molecular formula is C46H56Cl2HfP2. The fourth-order valence-electron chi connectivity index (χ4n) is 8.15. The molecule has 0 heterocycles. The molecule has 51 heavy (non-hydrogen) atoms. The Morgan fingerprint density at radius 2 is 0.804 bits per heavy atom. The van der Waals surface area contributed by atoms with Gasteiger partial charge in [-0.25, -0.2) is 0 Å². The van der Waals surface area contributed by atoms with E-state index in [2.05, 4.69) is 165 Å². The van der Waals surface area contributed by atoms with Crippen molar-refractivity contribution in [3.05, 3.63) is 130 Å². The summed E-state index contributed by atoms with van der Waals surface area (Å²) in [6, 6.07) is 37.0. The Labute approximate surface area is 336 Å². The predicted molar refractivity (Wildman–Crippen MR) is 218 cm³/mol. The van der Waals surface area contributed by atoms with Gasteiger partial charge in [0.1, 0.15) is 0 Å². The standard InChI is InChI=1S/2C23H28P.2ClH.Hf/c2*1-5-17(3)24(18(4)6-2)21-15-20-13-10-14-22(23(20)16-21)19-11-8-7-9-12-19;;;/h2*7-18H,5-6H2,1-4H3;2*1H;/q;;;;+2/p-2. The van der Waals surface area contributed by atoms with E-state index in [1.807, 2.05) is 10.6 Å². The Hall–Kier alpha value is -1.33. The Morgan fingerprint density at radius 1 is 0.471 bits per heavy atom. The molecule has 2 aliphatic rings. The van der Waals surface area contributed by atoms with Crippen LogP contribution in [-0.4, -0.2) is 22.6 Å². The second-order valence-corrected chi connectivity index (χ2v) is 25.9. The van der Waals surface area contributed by atoms with Gasteiger partial charge in [-0.15, -0.1) is 0 Å². The Balaban J connectivity index is 0.00000292. The second-order valence-electron chi connectivity index (χ2n) is 14.4. The quantitative estimate of drug-likeness (QED) is 0.0878. The molecule has 0 saturated carbocycles. The van der Waals surface area contributed by atoms with Crippen molar-refractivity contribution in [1.82, 2.24) is 0 Å². The van der Waals surface area contributed by atoms with Gasteiger partial charge in [0.05, 0.1) is 0 Å².